The quantitative estimate of drug-likeness (QED) is 0.857. The Kier molecular flexibility index (Phi) is 5.23. The average molecular weight is 358 g/mol. The number of aliphatic carboxylic acids is 1. The van der Waals surface area contributed by atoms with Crippen LogP contribution in [-0.4, -0.2) is 22.0 Å². The molecular formula is C15H13F3N2O3S. The SMILES string of the molecule is C[C@@H](C(=O)Nc1ccccc1C(F)(F)F)c1nc(CC(=O)O)cs1. The lowest BCUT2D eigenvalue weighted by Crippen LogP contribution is -2.21. The van der Waals surface area contributed by atoms with Crippen LogP contribution in [0.2, 0.25) is 0 Å². The van der Waals surface area contributed by atoms with E-state index in [1.807, 2.05) is 0 Å². The Balaban J connectivity index is 2.15. The maximum atomic E-state index is 12.9. The topological polar surface area (TPSA) is 79.3 Å². The molecule has 0 unspecified atom stereocenters. The predicted octanol–water partition coefficient (Wildman–Crippen LogP) is 3.53. The van der Waals surface area contributed by atoms with E-state index in [2.05, 4.69) is 10.3 Å². The summed E-state index contributed by atoms with van der Waals surface area (Å²) < 4.78 is 38.8. The van der Waals surface area contributed by atoms with Crippen LogP contribution in [0, 0.1) is 0 Å². The first kappa shape index (κ1) is 17.9. The molecule has 1 heterocycles. The van der Waals surface area contributed by atoms with Crippen molar-refractivity contribution in [3.63, 3.8) is 0 Å². The number of carboxylic acid groups (broad SMARTS) is 1. The normalized spacial score (nSPS) is 12.7. The number of halogens is 3. The van der Waals surface area contributed by atoms with Crippen molar-refractivity contribution in [3.05, 3.63) is 45.9 Å². The van der Waals surface area contributed by atoms with Gasteiger partial charge in [0.1, 0.15) is 5.01 Å². The maximum absolute atomic E-state index is 12.9. The third kappa shape index (κ3) is 4.31. The number of aromatic nitrogens is 1. The molecule has 2 aromatic rings. The molecule has 0 aliphatic carbocycles. The Morgan fingerprint density at radius 2 is 2.00 bits per heavy atom. The van der Waals surface area contributed by atoms with Gasteiger partial charge < -0.3 is 10.4 Å². The van der Waals surface area contributed by atoms with Gasteiger partial charge in [-0.05, 0) is 19.1 Å². The van der Waals surface area contributed by atoms with E-state index in [4.69, 9.17) is 5.11 Å². The van der Waals surface area contributed by atoms with E-state index in [1.165, 1.54) is 30.5 Å². The van der Waals surface area contributed by atoms with Crippen LogP contribution in [0.15, 0.2) is 29.6 Å². The highest BCUT2D eigenvalue weighted by atomic mass is 32.1. The molecule has 1 atom stereocenters. The minimum absolute atomic E-state index is 0.276. The number of hydrogen-bond acceptors (Lipinski definition) is 4. The van der Waals surface area contributed by atoms with Gasteiger partial charge in [0.05, 0.1) is 29.3 Å². The molecule has 0 aliphatic rings. The number of para-hydroxylation sites is 1. The number of thiazole rings is 1. The molecule has 0 saturated heterocycles. The number of nitrogens with one attached hydrogen (secondary N) is 1. The van der Waals surface area contributed by atoms with Crippen LogP contribution in [0.1, 0.15) is 29.1 Å². The highest BCUT2D eigenvalue weighted by molar-refractivity contribution is 7.09. The summed E-state index contributed by atoms with van der Waals surface area (Å²) in [5.74, 6) is -2.51. The van der Waals surface area contributed by atoms with Crippen molar-refractivity contribution in [1.82, 2.24) is 4.98 Å². The summed E-state index contributed by atoms with van der Waals surface area (Å²) in [5, 5.41) is 12.8. The van der Waals surface area contributed by atoms with Crippen molar-refractivity contribution in [2.45, 2.75) is 25.4 Å². The standard InChI is InChI=1S/C15H13F3N2O3S/c1-8(14-19-9(7-24-14)6-12(21)22)13(23)20-11-5-3-2-4-10(11)15(16,17)18/h2-5,7-8H,6H2,1H3,(H,20,23)(H,21,22)/t8-/m0/s1. The van der Waals surface area contributed by atoms with Crippen LogP contribution in [0.5, 0.6) is 0 Å². The Bertz CT molecular complexity index is 758. The molecule has 9 heteroatoms. The van der Waals surface area contributed by atoms with Gasteiger partial charge in [0.2, 0.25) is 5.91 Å². The third-order valence-corrected chi connectivity index (χ3v) is 4.23. The van der Waals surface area contributed by atoms with Crippen LogP contribution in [0.3, 0.4) is 0 Å². The van der Waals surface area contributed by atoms with E-state index in [9.17, 15) is 22.8 Å². The number of alkyl halides is 3. The Labute approximate surface area is 139 Å². The Morgan fingerprint density at radius 3 is 2.62 bits per heavy atom. The van der Waals surface area contributed by atoms with E-state index >= 15 is 0 Å². The molecule has 1 amide bonds. The first-order valence-electron chi connectivity index (χ1n) is 6.81. The third-order valence-electron chi connectivity index (χ3n) is 3.16. The van der Waals surface area contributed by atoms with Gasteiger partial charge >= 0.3 is 12.1 Å². The summed E-state index contributed by atoms with van der Waals surface area (Å²) in [6, 6.07) is 4.69. The van der Waals surface area contributed by atoms with Crippen molar-refractivity contribution in [3.8, 4) is 0 Å². The second kappa shape index (κ2) is 7.00. The summed E-state index contributed by atoms with van der Waals surface area (Å²) >= 11 is 1.09. The second-order valence-electron chi connectivity index (χ2n) is 5.00. The minimum Gasteiger partial charge on any atom is -0.481 e. The summed E-state index contributed by atoms with van der Waals surface area (Å²) in [6.45, 7) is 1.49. The molecule has 2 rings (SSSR count). The van der Waals surface area contributed by atoms with Crippen molar-refractivity contribution >= 4 is 28.9 Å². The van der Waals surface area contributed by atoms with E-state index in [1.54, 1.807) is 0 Å². The first-order valence-corrected chi connectivity index (χ1v) is 7.69. The van der Waals surface area contributed by atoms with Gasteiger partial charge in [0, 0.05) is 5.38 Å². The second-order valence-corrected chi connectivity index (χ2v) is 5.89. The fourth-order valence-electron chi connectivity index (χ4n) is 1.95. The molecule has 0 bridgehead atoms. The molecule has 0 aliphatic heterocycles. The number of nitrogens with zero attached hydrogens (tertiary/aromatic N) is 1. The molecule has 128 valence electrons. The van der Waals surface area contributed by atoms with Crippen molar-refractivity contribution in [1.29, 1.82) is 0 Å². The van der Waals surface area contributed by atoms with E-state index < -0.39 is 29.5 Å². The van der Waals surface area contributed by atoms with Crippen molar-refractivity contribution in [2.75, 3.05) is 5.32 Å². The summed E-state index contributed by atoms with van der Waals surface area (Å²) in [5.41, 5.74) is -0.960. The zero-order chi connectivity index (χ0) is 17.9. The highest BCUT2D eigenvalue weighted by Crippen LogP contribution is 2.35. The number of rotatable bonds is 5. The zero-order valence-corrected chi connectivity index (χ0v) is 13.2. The lowest BCUT2D eigenvalue weighted by atomic mass is 10.1. The van der Waals surface area contributed by atoms with Gasteiger partial charge in [-0.3, -0.25) is 9.59 Å². The van der Waals surface area contributed by atoms with Gasteiger partial charge in [-0.25, -0.2) is 4.98 Å². The highest BCUT2D eigenvalue weighted by Gasteiger charge is 2.34. The molecule has 0 saturated carbocycles. The largest absolute Gasteiger partial charge is 0.481 e. The first-order chi connectivity index (χ1) is 11.2. The lowest BCUT2D eigenvalue weighted by molar-refractivity contribution is -0.137. The monoisotopic (exact) mass is 358 g/mol. The van der Waals surface area contributed by atoms with Gasteiger partial charge in [0.25, 0.3) is 0 Å². The fourth-order valence-corrected chi connectivity index (χ4v) is 2.82. The number of carbonyl (C=O) groups is 2. The van der Waals surface area contributed by atoms with Gasteiger partial charge in [-0.15, -0.1) is 11.3 Å². The van der Waals surface area contributed by atoms with Gasteiger partial charge in [0.15, 0.2) is 0 Å². The van der Waals surface area contributed by atoms with E-state index in [0.717, 1.165) is 17.4 Å². The number of anilines is 1. The fraction of sp³-hybridized carbons (Fsp3) is 0.267. The van der Waals surface area contributed by atoms with Crippen molar-refractivity contribution in [2.24, 2.45) is 0 Å². The van der Waals surface area contributed by atoms with Crippen LogP contribution >= 0.6 is 11.3 Å². The van der Waals surface area contributed by atoms with Gasteiger partial charge in [-0.1, -0.05) is 12.1 Å². The summed E-state index contributed by atoms with van der Waals surface area (Å²) in [4.78, 5) is 26.9. The molecule has 0 spiro atoms. The van der Waals surface area contributed by atoms with Crippen molar-refractivity contribution < 1.29 is 27.9 Å². The molecular weight excluding hydrogens is 345 g/mol. The Morgan fingerprint density at radius 1 is 1.33 bits per heavy atom. The molecule has 24 heavy (non-hydrogen) atoms. The number of carboxylic acids is 1. The average Bonchev–Trinajstić information content (AvgIpc) is 2.93. The number of hydrogen-bond donors (Lipinski definition) is 2. The zero-order valence-electron chi connectivity index (χ0n) is 12.4. The van der Waals surface area contributed by atoms with Crippen LogP contribution in [-0.2, 0) is 22.2 Å². The number of benzene rings is 1. The number of carbonyl (C=O) groups excluding carboxylic acids is 1. The summed E-state index contributed by atoms with van der Waals surface area (Å²) in [7, 11) is 0. The van der Waals surface area contributed by atoms with E-state index in [0.29, 0.717) is 10.7 Å². The molecule has 1 aromatic heterocycles. The molecule has 0 radical (unpaired) electrons. The van der Waals surface area contributed by atoms with E-state index in [-0.39, 0.29) is 12.1 Å². The Hall–Kier alpha value is -2.42. The van der Waals surface area contributed by atoms with Gasteiger partial charge in [-0.2, -0.15) is 13.2 Å². The lowest BCUT2D eigenvalue weighted by Gasteiger charge is -2.15. The minimum atomic E-state index is -4.58. The smallest absolute Gasteiger partial charge is 0.418 e. The van der Waals surface area contributed by atoms with Crippen LogP contribution < -0.4 is 5.32 Å². The maximum Gasteiger partial charge on any atom is 0.418 e. The van der Waals surface area contributed by atoms with Crippen LogP contribution in [0.25, 0.3) is 0 Å². The molecule has 0 fully saturated rings. The molecule has 5 nitrogen and oxygen atoms in total. The number of amides is 1. The molecule has 1 aromatic carbocycles. The van der Waals surface area contributed by atoms with Crippen LogP contribution in [0.4, 0.5) is 18.9 Å². The predicted molar refractivity (Wildman–Crippen MR) is 81.9 cm³/mol. The molecule has 2 N–H and O–H groups in total. The summed E-state index contributed by atoms with van der Waals surface area (Å²) in [6.07, 6.45) is -4.86.